The quantitative estimate of drug-likeness (QED) is 0.506. The van der Waals surface area contributed by atoms with Gasteiger partial charge in [-0.1, -0.05) is 31.0 Å². The minimum atomic E-state index is -0.146. The van der Waals surface area contributed by atoms with Gasteiger partial charge in [-0.3, -0.25) is 4.79 Å². The Morgan fingerprint density at radius 1 is 1.07 bits per heavy atom. The van der Waals surface area contributed by atoms with E-state index in [-0.39, 0.29) is 11.7 Å². The summed E-state index contributed by atoms with van der Waals surface area (Å²) in [6.07, 6.45) is 4.39. The number of hydrogen-bond acceptors (Lipinski definition) is 5. The molecule has 5 heteroatoms. The predicted octanol–water partition coefficient (Wildman–Crippen LogP) is 5.19. The monoisotopic (exact) mass is 386 g/mol. The summed E-state index contributed by atoms with van der Waals surface area (Å²) in [4.78, 5) is 12.4. The Bertz CT molecular complexity index is 772. The van der Waals surface area contributed by atoms with Gasteiger partial charge in [-0.25, -0.2) is 0 Å². The third-order valence-electron chi connectivity index (χ3n) is 5.25. The van der Waals surface area contributed by atoms with Gasteiger partial charge in [0.05, 0.1) is 7.11 Å². The average molecular weight is 387 g/mol. The molecule has 2 atom stereocenters. The van der Waals surface area contributed by atoms with Gasteiger partial charge in [0, 0.05) is 23.0 Å². The number of methoxy groups -OCH3 is 1. The van der Waals surface area contributed by atoms with Crippen LogP contribution in [0.4, 0.5) is 0 Å². The molecule has 2 aromatic carbocycles. The first-order valence-electron chi connectivity index (χ1n) is 9.40. The average Bonchev–Trinajstić information content (AvgIpc) is 2.68. The molecule has 2 unspecified atom stereocenters. The Morgan fingerprint density at radius 2 is 1.81 bits per heavy atom. The van der Waals surface area contributed by atoms with Gasteiger partial charge < -0.3 is 14.9 Å². The Kier molecular flexibility index (Phi) is 6.67. The number of thioether (sulfide) groups is 1. The van der Waals surface area contributed by atoms with Crippen molar-refractivity contribution < 1.29 is 19.7 Å². The fourth-order valence-electron chi connectivity index (χ4n) is 3.79. The Hall–Kier alpha value is -2.14. The van der Waals surface area contributed by atoms with Crippen molar-refractivity contribution in [3.05, 3.63) is 53.6 Å². The van der Waals surface area contributed by atoms with Gasteiger partial charge in [0.15, 0.2) is 0 Å². The van der Waals surface area contributed by atoms with Gasteiger partial charge >= 0.3 is 5.97 Å². The first-order valence-corrected chi connectivity index (χ1v) is 10.4. The lowest BCUT2D eigenvalue weighted by molar-refractivity contribution is -0.140. The highest BCUT2D eigenvalue weighted by Crippen LogP contribution is 2.49. The van der Waals surface area contributed by atoms with Crippen LogP contribution in [-0.2, 0) is 9.53 Å². The number of esters is 1. The lowest BCUT2D eigenvalue weighted by Crippen LogP contribution is -2.19. The third-order valence-corrected chi connectivity index (χ3v) is 6.44. The lowest BCUT2D eigenvalue weighted by Gasteiger charge is -2.34. The molecule has 4 nitrogen and oxygen atoms in total. The summed E-state index contributed by atoms with van der Waals surface area (Å²) in [6, 6.07) is 13.2. The number of aromatic hydroxyl groups is 2. The van der Waals surface area contributed by atoms with Crippen LogP contribution in [0.2, 0.25) is 0 Å². The van der Waals surface area contributed by atoms with Crippen molar-refractivity contribution in [2.45, 2.75) is 48.8 Å². The number of carbonyl (C=O) groups is 1. The minimum Gasteiger partial charge on any atom is -0.508 e. The molecule has 0 radical (unpaired) electrons. The Balaban J connectivity index is 1.73. The highest BCUT2D eigenvalue weighted by atomic mass is 32.2. The number of hydrogen-bond donors (Lipinski definition) is 2. The lowest BCUT2D eigenvalue weighted by atomic mass is 9.79. The number of phenolic OH excluding ortho intramolecular Hbond substituents is 2. The van der Waals surface area contributed by atoms with Crippen molar-refractivity contribution in [1.29, 1.82) is 0 Å². The molecule has 1 heterocycles. The van der Waals surface area contributed by atoms with Crippen LogP contribution in [0.1, 0.15) is 55.1 Å². The summed E-state index contributed by atoms with van der Waals surface area (Å²) in [7, 11) is 1.43. The number of unbranched alkanes of at least 4 members (excludes halogenated alkanes) is 2. The Morgan fingerprint density at radius 3 is 2.56 bits per heavy atom. The van der Waals surface area contributed by atoms with Crippen LogP contribution in [0.25, 0.3) is 0 Å². The molecule has 3 rings (SSSR count). The molecule has 2 N–H and O–H groups in total. The van der Waals surface area contributed by atoms with E-state index in [4.69, 9.17) is 4.74 Å². The SMILES string of the molecule is COC(=O)CCCCCC1c2ccc(O)cc2SCC1c1ccc(O)cc1. The molecule has 0 saturated heterocycles. The standard InChI is InChI=1S/C22H26O4S/c1-26-22(25)6-4-2-3-5-18-19-12-11-17(24)13-21(19)27-14-20(18)15-7-9-16(23)10-8-15/h7-13,18,20,23-24H,2-6,14H2,1H3. The first kappa shape index (κ1) is 19.6. The third kappa shape index (κ3) is 4.98. The molecule has 0 fully saturated rings. The molecule has 1 aliphatic rings. The second kappa shape index (κ2) is 9.18. The molecular formula is C22H26O4S. The molecule has 0 aromatic heterocycles. The van der Waals surface area contributed by atoms with Crippen molar-refractivity contribution >= 4 is 17.7 Å². The maximum absolute atomic E-state index is 11.3. The molecule has 0 spiro atoms. The fraction of sp³-hybridized carbons (Fsp3) is 0.409. The molecule has 1 aliphatic heterocycles. The second-order valence-corrected chi connectivity index (χ2v) is 8.07. The van der Waals surface area contributed by atoms with Gasteiger partial charge in [-0.2, -0.15) is 0 Å². The number of rotatable bonds is 7. The molecule has 144 valence electrons. The van der Waals surface area contributed by atoms with Crippen LogP contribution in [0.3, 0.4) is 0 Å². The van der Waals surface area contributed by atoms with E-state index in [1.165, 1.54) is 18.2 Å². The summed E-state index contributed by atoms with van der Waals surface area (Å²) in [5, 5.41) is 19.4. The summed E-state index contributed by atoms with van der Waals surface area (Å²) >= 11 is 1.78. The van der Waals surface area contributed by atoms with E-state index in [0.717, 1.165) is 36.3 Å². The van der Waals surface area contributed by atoms with Crippen molar-refractivity contribution in [1.82, 2.24) is 0 Å². The van der Waals surface area contributed by atoms with E-state index in [0.29, 0.717) is 24.0 Å². The molecule has 0 amide bonds. The molecule has 2 aromatic rings. The summed E-state index contributed by atoms with van der Waals surface area (Å²) in [6.45, 7) is 0. The predicted molar refractivity (Wildman–Crippen MR) is 108 cm³/mol. The minimum absolute atomic E-state index is 0.146. The topological polar surface area (TPSA) is 66.8 Å². The van der Waals surface area contributed by atoms with Crippen LogP contribution < -0.4 is 0 Å². The largest absolute Gasteiger partial charge is 0.508 e. The van der Waals surface area contributed by atoms with Crippen LogP contribution >= 0.6 is 11.8 Å². The van der Waals surface area contributed by atoms with Crippen LogP contribution in [0.15, 0.2) is 47.4 Å². The smallest absolute Gasteiger partial charge is 0.305 e. The van der Waals surface area contributed by atoms with Crippen LogP contribution in [0.5, 0.6) is 11.5 Å². The molecule has 0 aliphatic carbocycles. The van der Waals surface area contributed by atoms with E-state index >= 15 is 0 Å². The zero-order valence-electron chi connectivity index (χ0n) is 15.6. The summed E-state index contributed by atoms with van der Waals surface area (Å²) < 4.78 is 4.70. The van der Waals surface area contributed by atoms with Crippen LogP contribution in [-0.4, -0.2) is 29.0 Å². The van der Waals surface area contributed by atoms with Gasteiger partial charge in [0.25, 0.3) is 0 Å². The van der Waals surface area contributed by atoms with Gasteiger partial charge in [0.2, 0.25) is 0 Å². The normalized spacial score (nSPS) is 18.7. The van der Waals surface area contributed by atoms with Crippen molar-refractivity contribution in [3.63, 3.8) is 0 Å². The van der Waals surface area contributed by atoms with Gasteiger partial charge in [-0.15, -0.1) is 11.8 Å². The number of benzene rings is 2. The maximum Gasteiger partial charge on any atom is 0.305 e. The van der Waals surface area contributed by atoms with E-state index in [1.807, 2.05) is 24.3 Å². The fourth-order valence-corrected chi connectivity index (χ4v) is 5.16. The van der Waals surface area contributed by atoms with Crippen molar-refractivity contribution in [2.24, 2.45) is 0 Å². The molecule has 27 heavy (non-hydrogen) atoms. The van der Waals surface area contributed by atoms with Crippen molar-refractivity contribution in [2.75, 3.05) is 12.9 Å². The Labute approximate surface area is 164 Å². The zero-order valence-corrected chi connectivity index (χ0v) is 16.4. The van der Waals surface area contributed by atoms with Gasteiger partial charge in [-0.05, 0) is 54.2 Å². The number of fused-ring (bicyclic) bond motifs is 1. The summed E-state index contributed by atoms with van der Waals surface area (Å²) in [5.74, 6) is 2.13. The zero-order chi connectivity index (χ0) is 19.2. The first-order chi connectivity index (χ1) is 13.1. The summed E-state index contributed by atoms with van der Waals surface area (Å²) in [5.41, 5.74) is 2.52. The molecule has 0 bridgehead atoms. The highest BCUT2D eigenvalue weighted by Gasteiger charge is 2.31. The van der Waals surface area contributed by atoms with E-state index < -0.39 is 0 Å². The van der Waals surface area contributed by atoms with Crippen LogP contribution in [0, 0.1) is 0 Å². The maximum atomic E-state index is 11.3. The number of carbonyl (C=O) groups excluding carboxylic acids is 1. The second-order valence-electron chi connectivity index (χ2n) is 7.01. The van der Waals surface area contributed by atoms with E-state index in [9.17, 15) is 15.0 Å². The highest BCUT2D eigenvalue weighted by molar-refractivity contribution is 7.99. The number of phenols is 2. The van der Waals surface area contributed by atoms with E-state index in [1.54, 1.807) is 30.0 Å². The molecule has 0 saturated carbocycles. The van der Waals surface area contributed by atoms with Crippen molar-refractivity contribution in [3.8, 4) is 11.5 Å². The molecular weight excluding hydrogens is 360 g/mol. The number of ether oxygens (including phenoxy) is 1. The van der Waals surface area contributed by atoms with E-state index in [2.05, 4.69) is 0 Å². The van der Waals surface area contributed by atoms with Gasteiger partial charge in [0.1, 0.15) is 11.5 Å².